The molecular weight excluding hydrogens is 230 g/mol. The zero-order valence-electron chi connectivity index (χ0n) is 10.6. The summed E-state index contributed by atoms with van der Waals surface area (Å²) in [5.41, 5.74) is 0. The largest absolute Gasteiger partial charge is 0.367 e. The molecule has 3 nitrogen and oxygen atoms in total. The summed E-state index contributed by atoms with van der Waals surface area (Å²) in [4.78, 5) is 9.64. The molecular formula is C13H19N3S. The van der Waals surface area contributed by atoms with Gasteiger partial charge in [-0.05, 0) is 37.1 Å². The minimum absolute atomic E-state index is 0.454. The summed E-state index contributed by atoms with van der Waals surface area (Å²) >= 11 is 1.66. The summed E-state index contributed by atoms with van der Waals surface area (Å²) in [6.07, 6.45) is 4.05. The first-order valence-electron chi connectivity index (χ1n) is 6.11. The summed E-state index contributed by atoms with van der Waals surface area (Å²) in [5, 5.41) is 6.67. The van der Waals surface area contributed by atoms with Crippen LogP contribution in [0.3, 0.4) is 0 Å². The standard InChI is InChI=1S/C13H19N3S/c1-9(2)4-5-10(3)16-12-11-6-7-17-13(11)15-8-14-12/h6-10H,4-5H2,1-3H3,(H,14,15,16). The number of aromatic nitrogens is 2. The predicted molar refractivity (Wildman–Crippen MR) is 74.6 cm³/mol. The molecule has 0 aliphatic carbocycles. The third kappa shape index (κ3) is 3.16. The molecule has 0 radical (unpaired) electrons. The van der Waals surface area contributed by atoms with Gasteiger partial charge in [0, 0.05) is 6.04 Å². The van der Waals surface area contributed by atoms with Gasteiger partial charge in [0.25, 0.3) is 0 Å². The van der Waals surface area contributed by atoms with Crippen molar-refractivity contribution in [2.24, 2.45) is 5.92 Å². The van der Waals surface area contributed by atoms with Gasteiger partial charge in [0.15, 0.2) is 0 Å². The van der Waals surface area contributed by atoms with E-state index >= 15 is 0 Å². The maximum absolute atomic E-state index is 4.33. The lowest BCUT2D eigenvalue weighted by atomic mass is 10.0. The van der Waals surface area contributed by atoms with E-state index in [1.807, 2.05) is 0 Å². The van der Waals surface area contributed by atoms with Crippen LogP contribution in [0, 0.1) is 5.92 Å². The van der Waals surface area contributed by atoms with Crippen LogP contribution in [-0.2, 0) is 0 Å². The van der Waals surface area contributed by atoms with Crippen LogP contribution >= 0.6 is 11.3 Å². The molecule has 0 bridgehead atoms. The van der Waals surface area contributed by atoms with Crippen molar-refractivity contribution in [3.63, 3.8) is 0 Å². The Hall–Kier alpha value is -1.16. The van der Waals surface area contributed by atoms with Gasteiger partial charge in [-0.25, -0.2) is 9.97 Å². The van der Waals surface area contributed by atoms with Gasteiger partial charge in [0.05, 0.1) is 5.39 Å². The van der Waals surface area contributed by atoms with Crippen molar-refractivity contribution in [3.05, 3.63) is 17.8 Å². The lowest BCUT2D eigenvalue weighted by molar-refractivity contribution is 0.527. The van der Waals surface area contributed by atoms with Gasteiger partial charge in [-0.1, -0.05) is 13.8 Å². The maximum atomic E-state index is 4.33. The highest BCUT2D eigenvalue weighted by Crippen LogP contribution is 2.24. The maximum Gasteiger partial charge on any atom is 0.138 e. The normalized spacial score (nSPS) is 13.2. The summed E-state index contributed by atoms with van der Waals surface area (Å²) in [6, 6.07) is 2.53. The van der Waals surface area contributed by atoms with Crippen LogP contribution in [0.5, 0.6) is 0 Å². The Morgan fingerprint density at radius 2 is 2.06 bits per heavy atom. The molecule has 2 rings (SSSR count). The number of nitrogens with one attached hydrogen (secondary N) is 1. The molecule has 0 saturated carbocycles. The van der Waals surface area contributed by atoms with Gasteiger partial charge in [-0.2, -0.15) is 0 Å². The molecule has 1 atom stereocenters. The molecule has 0 aromatic carbocycles. The molecule has 0 saturated heterocycles. The van der Waals surface area contributed by atoms with E-state index in [9.17, 15) is 0 Å². The topological polar surface area (TPSA) is 37.8 Å². The first kappa shape index (κ1) is 12.3. The van der Waals surface area contributed by atoms with Crippen LogP contribution in [0.25, 0.3) is 10.2 Å². The number of anilines is 1. The van der Waals surface area contributed by atoms with Gasteiger partial charge in [-0.3, -0.25) is 0 Å². The molecule has 2 aromatic heterocycles. The number of hydrogen-bond donors (Lipinski definition) is 1. The smallest absolute Gasteiger partial charge is 0.138 e. The molecule has 1 unspecified atom stereocenters. The molecule has 0 spiro atoms. The highest BCUT2D eigenvalue weighted by molar-refractivity contribution is 7.16. The Morgan fingerprint density at radius 3 is 2.82 bits per heavy atom. The zero-order chi connectivity index (χ0) is 12.3. The Bertz CT molecular complexity index is 478. The van der Waals surface area contributed by atoms with E-state index < -0.39 is 0 Å². The molecule has 0 aliphatic heterocycles. The second-order valence-corrected chi connectivity index (χ2v) is 5.77. The molecule has 92 valence electrons. The fourth-order valence-corrected chi connectivity index (χ4v) is 2.53. The molecule has 0 amide bonds. The summed E-state index contributed by atoms with van der Waals surface area (Å²) < 4.78 is 0. The van der Waals surface area contributed by atoms with Gasteiger partial charge in [0.2, 0.25) is 0 Å². The molecule has 0 fully saturated rings. The first-order chi connectivity index (χ1) is 8.16. The van der Waals surface area contributed by atoms with Crippen molar-refractivity contribution in [3.8, 4) is 0 Å². The molecule has 2 heterocycles. The lowest BCUT2D eigenvalue weighted by Crippen LogP contribution is -2.16. The summed E-state index contributed by atoms with van der Waals surface area (Å²) in [5.74, 6) is 1.72. The van der Waals surface area contributed by atoms with E-state index in [-0.39, 0.29) is 0 Å². The number of thiophene rings is 1. The van der Waals surface area contributed by atoms with Crippen LogP contribution in [0.2, 0.25) is 0 Å². The van der Waals surface area contributed by atoms with E-state index in [2.05, 4.69) is 47.5 Å². The first-order valence-corrected chi connectivity index (χ1v) is 6.99. The third-order valence-corrected chi connectivity index (χ3v) is 3.64. The van der Waals surface area contributed by atoms with Crippen LogP contribution in [0.15, 0.2) is 17.8 Å². The quantitative estimate of drug-likeness (QED) is 0.872. The number of hydrogen-bond acceptors (Lipinski definition) is 4. The van der Waals surface area contributed by atoms with Crippen molar-refractivity contribution >= 4 is 27.4 Å². The Labute approximate surface area is 106 Å². The summed E-state index contributed by atoms with van der Waals surface area (Å²) in [7, 11) is 0. The van der Waals surface area contributed by atoms with Gasteiger partial charge in [0.1, 0.15) is 17.0 Å². The van der Waals surface area contributed by atoms with E-state index in [4.69, 9.17) is 0 Å². The van der Waals surface area contributed by atoms with Crippen molar-refractivity contribution in [2.75, 3.05) is 5.32 Å². The molecule has 0 aliphatic rings. The third-order valence-electron chi connectivity index (χ3n) is 2.82. The van der Waals surface area contributed by atoms with E-state index in [0.717, 1.165) is 22.0 Å². The Morgan fingerprint density at radius 1 is 1.24 bits per heavy atom. The highest BCUT2D eigenvalue weighted by atomic mass is 32.1. The Kier molecular flexibility index (Phi) is 3.94. The van der Waals surface area contributed by atoms with Gasteiger partial charge < -0.3 is 5.32 Å². The highest BCUT2D eigenvalue weighted by Gasteiger charge is 2.08. The molecule has 4 heteroatoms. The van der Waals surface area contributed by atoms with Crippen molar-refractivity contribution in [1.29, 1.82) is 0 Å². The van der Waals surface area contributed by atoms with Gasteiger partial charge >= 0.3 is 0 Å². The molecule has 17 heavy (non-hydrogen) atoms. The van der Waals surface area contributed by atoms with Crippen molar-refractivity contribution < 1.29 is 0 Å². The van der Waals surface area contributed by atoms with Crippen molar-refractivity contribution in [1.82, 2.24) is 9.97 Å². The average molecular weight is 249 g/mol. The fourth-order valence-electron chi connectivity index (χ4n) is 1.79. The summed E-state index contributed by atoms with van der Waals surface area (Å²) in [6.45, 7) is 6.73. The van der Waals surface area contributed by atoms with Crippen LogP contribution in [-0.4, -0.2) is 16.0 Å². The monoisotopic (exact) mass is 249 g/mol. The van der Waals surface area contributed by atoms with E-state index in [1.165, 1.54) is 12.8 Å². The lowest BCUT2D eigenvalue weighted by Gasteiger charge is -2.15. The molecule has 2 aromatic rings. The minimum atomic E-state index is 0.454. The van der Waals surface area contributed by atoms with Gasteiger partial charge in [-0.15, -0.1) is 11.3 Å². The second-order valence-electron chi connectivity index (χ2n) is 4.88. The average Bonchev–Trinajstić information content (AvgIpc) is 2.75. The van der Waals surface area contributed by atoms with Crippen molar-refractivity contribution in [2.45, 2.75) is 39.7 Å². The molecule has 1 N–H and O–H groups in total. The number of nitrogens with zero attached hydrogens (tertiary/aromatic N) is 2. The van der Waals surface area contributed by atoms with E-state index in [0.29, 0.717) is 6.04 Å². The van der Waals surface area contributed by atoms with Crippen LogP contribution < -0.4 is 5.32 Å². The predicted octanol–water partition coefficient (Wildman–Crippen LogP) is 3.93. The van der Waals surface area contributed by atoms with E-state index in [1.54, 1.807) is 17.7 Å². The second kappa shape index (κ2) is 5.45. The Balaban J connectivity index is 2.05. The number of fused-ring (bicyclic) bond motifs is 1. The van der Waals surface area contributed by atoms with Crippen LogP contribution in [0.4, 0.5) is 5.82 Å². The fraction of sp³-hybridized carbons (Fsp3) is 0.538. The minimum Gasteiger partial charge on any atom is -0.367 e. The SMILES string of the molecule is CC(C)CCC(C)Nc1ncnc2sccc12. The zero-order valence-corrected chi connectivity index (χ0v) is 11.4. The number of rotatable bonds is 5. The van der Waals surface area contributed by atoms with Crippen LogP contribution in [0.1, 0.15) is 33.6 Å².